The number of rotatable bonds is 4. The maximum Gasteiger partial charge on any atom is 0.419 e. The summed E-state index contributed by atoms with van der Waals surface area (Å²) < 4.78 is 85.7. The zero-order chi connectivity index (χ0) is 23.9. The summed E-state index contributed by atoms with van der Waals surface area (Å²) in [6, 6.07) is 6.55. The lowest BCUT2D eigenvalue weighted by molar-refractivity contribution is -0.154. The van der Waals surface area contributed by atoms with Crippen LogP contribution in [0.2, 0.25) is 0 Å². The fraction of sp³-hybridized carbons (Fsp3) is 0.409. The summed E-state index contributed by atoms with van der Waals surface area (Å²) >= 11 is 0. The standard InChI is InChI=1S/C22H23F4NO4S/c1-21(2,3)31-20(28)12-14-6-7-15-5-4-10-27(19(15)11-14)32(29,30)16-8-9-18(23)17(13-16)22(24,25)26/h6-9,11,13H,4-5,10,12H2,1-3H3. The Bertz CT molecular complexity index is 1140. The van der Waals surface area contributed by atoms with Gasteiger partial charge in [-0.2, -0.15) is 13.2 Å². The van der Waals surface area contributed by atoms with Crippen molar-refractivity contribution in [2.24, 2.45) is 0 Å². The smallest absolute Gasteiger partial charge is 0.419 e. The van der Waals surface area contributed by atoms with Crippen LogP contribution in [0.3, 0.4) is 0 Å². The first-order valence-electron chi connectivity index (χ1n) is 9.91. The summed E-state index contributed by atoms with van der Waals surface area (Å²) in [5.41, 5.74) is -0.842. The van der Waals surface area contributed by atoms with E-state index in [-0.39, 0.29) is 18.7 Å². The molecule has 1 aliphatic heterocycles. The number of carbonyl (C=O) groups is 1. The highest BCUT2D eigenvalue weighted by molar-refractivity contribution is 7.92. The molecular weight excluding hydrogens is 450 g/mol. The van der Waals surface area contributed by atoms with Gasteiger partial charge in [-0.25, -0.2) is 12.8 Å². The van der Waals surface area contributed by atoms with E-state index >= 15 is 0 Å². The van der Waals surface area contributed by atoms with Crippen LogP contribution in [0.5, 0.6) is 0 Å². The topological polar surface area (TPSA) is 63.7 Å². The Morgan fingerprint density at radius 1 is 1.09 bits per heavy atom. The molecule has 32 heavy (non-hydrogen) atoms. The van der Waals surface area contributed by atoms with Crippen molar-refractivity contribution >= 4 is 21.7 Å². The minimum Gasteiger partial charge on any atom is -0.460 e. The van der Waals surface area contributed by atoms with Gasteiger partial charge in [-0.3, -0.25) is 9.10 Å². The minimum atomic E-state index is -5.03. The number of benzene rings is 2. The van der Waals surface area contributed by atoms with Crippen LogP contribution in [0, 0.1) is 5.82 Å². The molecule has 0 aromatic heterocycles. The lowest BCUT2D eigenvalue weighted by atomic mass is 10.00. The maximum absolute atomic E-state index is 13.7. The van der Waals surface area contributed by atoms with Gasteiger partial charge >= 0.3 is 12.1 Å². The molecule has 0 atom stereocenters. The number of carbonyl (C=O) groups excluding carboxylic acids is 1. The van der Waals surface area contributed by atoms with Crippen molar-refractivity contribution in [2.75, 3.05) is 10.8 Å². The summed E-state index contributed by atoms with van der Waals surface area (Å²) in [5.74, 6) is -2.04. The molecule has 174 valence electrons. The average molecular weight is 473 g/mol. The number of aryl methyl sites for hydroxylation is 1. The highest BCUT2D eigenvalue weighted by Crippen LogP contribution is 2.36. The van der Waals surface area contributed by atoms with E-state index in [0.717, 1.165) is 10.4 Å². The summed E-state index contributed by atoms with van der Waals surface area (Å²) in [7, 11) is -4.40. The monoisotopic (exact) mass is 473 g/mol. The zero-order valence-corrected chi connectivity index (χ0v) is 18.6. The Hall–Kier alpha value is -2.62. The van der Waals surface area contributed by atoms with E-state index in [0.29, 0.717) is 36.1 Å². The third-order valence-corrected chi connectivity index (χ3v) is 6.63. The van der Waals surface area contributed by atoms with Crippen LogP contribution in [0.25, 0.3) is 0 Å². The fourth-order valence-electron chi connectivity index (χ4n) is 3.50. The Labute approximate surface area is 184 Å². The Balaban J connectivity index is 1.98. The van der Waals surface area contributed by atoms with Gasteiger partial charge in [0.15, 0.2) is 0 Å². The van der Waals surface area contributed by atoms with Crippen molar-refractivity contribution in [1.29, 1.82) is 0 Å². The number of ether oxygens (including phenoxy) is 1. The Kier molecular flexibility index (Phi) is 6.29. The molecule has 0 fully saturated rings. The van der Waals surface area contributed by atoms with E-state index in [1.54, 1.807) is 32.9 Å². The van der Waals surface area contributed by atoms with Gasteiger partial charge < -0.3 is 4.74 Å². The summed E-state index contributed by atoms with van der Waals surface area (Å²) in [6.07, 6.45) is -4.08. The number of sulfonamides is 1. The number of fused-ring (bicyclic) bond motifs is 1. The molecule has 0 amide bonds. The van der Waals surface area contributed by atoms with Crippen LogP contribution in [-0.4, -0.2) is 26.5 Å². The van der Waals surface area contributed by atoms with Gasteiger partial charge in [-0.1, -0.05) is 12.1 Å². The van der Waals surface area contributed by atoms with Gasteiger partial charge in [0.25, 0.3) is 10.0 Å². The second-order valence-electron chi connectivity index (χ2n) is 8.55. The molecule has 0 aliphatic carbocycles. The molecule has 0 radical (unpaired) electrons. The van der Waals surface area contributed by atoms with Crippen molar-refractivity contribution in [3.05, 3.63) is 58.9 Å². The van der Waals surface area contributed by atoms with Gasteiger partial charge in [0, 0.05) is 6.54 Å². The van der Waals surface area contributed by atoms with E-state index in [9.17, 15) is 30.8 Å². The molecule has 5 nitrogen and oxygen atoms in total. The molecule has 0 saturated carbocycles. The van der Waals surface area contributed by atoms with Crippen molar-refractivity contribution in [2.45, 2.75) is 56.7 Å². The fourth-order valence-corrected chi connectivity index (χ4v) is 5.06. The molecule has 0 saturated heterocycles. The number of nitrogens with zero attached hydrogens (tertiary/aromatic N) is 1. The second kappa shape index (κ2) is 8.38. The van der Waals surface area contributed by atoms with E-state index in [2.05, 4.69) is 0 Å². The third kappa shape index (κ3) is 5.23. The normalized spacial score (nSPS) is 14.8. The predicted molar refractivity (Wildman–Crippen MR) is 110 cm³/mol. The van der Waals surface area contributed by atoms with Gasteiger partial charge in [0.05, 0.1) is 22.6 Å². The molecule has 10 heteroatoms. The van der Waals surface area contributed by atoms with Crippen LogP contribution in [0.4, 0.5) is 23.2 Å². The average Bonchev–Trinajstić information content (AvgIpc) is 2.65. The van der Waals surface area contributed by atoms with E-state index < -0.39 is 44.0 Å². The largest absolute Gasteiger partial charge is 0.460 e. The van der Waals surface area contributed by atoms with Crippen LogP contribution in [0.1, 0.15) is 43.9 Å². The lowest BCUT2D eigenvalue weighted by Gasteiger charge is -2.31. The van der Waals surface area contributed by atoms with Crippen LogP contribution >= 0.6 is 0 Å². The van der Waals surface area contributed by atoms with Crippen molar-refractivity contribution < 1.29 is 35.5 Å². The quantitative estimate of drug-likeness (QED) is 0.470. The maximum atomic E-state index is 13.7. The molecule has 2 aromatic rings. The van der Waals surface area contributed by atoms with Crippen LogP contribution < -0.4 is 4.31 Å². The van der Waals surface area contributed by atoms with E-state index in [4.69, 9.17) is 4.74 Å². The van der Waals surface area contributed by atoms with Crippen molar-refractivity contribution in [1.82, 2.24) is 0 Å². The van der Waals surface area contributed by atoms with Gasteiger partial charge in [-0.15, -0.1) is 0 Å². The number of anilines is 1. The number of esters is 1. The number of hydrogen-bond donors (Lipinski definition) is 0. The molecule has 0 bridgehead atoms. The number of alkyl halides is 3. The van der Waals surface area contributed by atoms with Gasteiger partial charge in [0.1, 0.15) is 11.4 Å². The predicted octanol–water partition coefficient (Wildman–Crippen LogP) is 4.87. The summed E-state index contributed by atoms with van der Waals surface area (Å²) in [5, 5.41) is 0. The third-order valence-electron chi connectivity index (χ3n) is 4.83. The van der Waals surface area contributed by atoms with Gasteiger partial charge in [0.2, 0.25) is 0 Å². The molecule has 2 aromatic carbocycles. The molecule has 1 aliphatic rings. The molecule has 0 unspecified atom stereocenters. The summed E-state index contributed by atoms with van der Waals surface area (Å²) in [6.45, 7) is 5.22. The first kappa shape index (κ1) is 24.0. The first-order chi connectivity index (χ1) is 14.7. The first-order valence-corrected chi connectivity index (χ1v) is 11.4. The highest BCUT2D eigenvalue weighted by atomic mass is 32.2. The molecule has 0 spiro atoms. The van der Waals surface area contributed by atoms with Crippen LogP contribution in [-0.2, 0) is 38.6 Å². The summed E-state index contributed by atoms with van der Waals surface area (Å²) in [4.78, 5) is 11.5. The number of halogens is 4. The number of hydrogen-bond acceptors (Lipinski definition) is 4. The molecule has 3 rings (SSSR count). The molecule has 0 N–H and O–H groups in total. The lowest BCUT2D eigenvalue weighted by Crippen LogP contribution is -2.35. The minimum absolute atomic E-state index is 0.0456. The van der Waals surface area contributed by atoms with Crippen LogP contribution in [0.15, 0.2) is 41.3 Å². The SMILES string of the molecule is CC(C)(C)OC(=O)Cc1ccc2c(c1)N(S(=O)(=O)c1ccc(F)c(C(F)(F)F)c1)CCC2. The highest BCUT2D eigenvalue weighted by Gasteiger charge is 2.37. The Morgan fingerprint density at radius 3 is 2.41 bits per heavy atom. The van der Waals surface area contributed by atoms with Crippen molar-refractivity contribution in [3.8, 4) is 0 Å². The molecule has 1 heterocycles. The Morgan fingerprint density at radius 2 is 1.78 bits per heavy atom. The molecular formula is C22H23F4NO4S. The van der Waals surface area contributed by atoms with Crippen molar-refractivity contribution in [3.63, 3.8) is 0 Å². The van der Waals surface area contributed by atoms with E-state index in [1.807, 2.05) is 0 Å². The van der Waals surface area contributed by atoms with Gasteiger partial charge in [-0.05, 0) is 69.0 Å². The zero-order valence-electron chi connectivity index (χ0n) is 17.8. The van der Waals surface area contributed by atoms with E-state index in [1.165, 1.54) is 6.07 Å². The second-order valence-corrected chi connectivity index (χ2v) is 10.4.